The number of β-amino-alcohol motifs (C(OH)–C–C–N with tert-alkyl or cyclic N) is 1. The van der Waals surface area contributed by atoms with Crippen LogP contribution in [0.3, 0.4) is 0 Å². The third-order valence-corrected chi connectivity index (χ3v) is 7.42. The molecule has 2 rings (SSSR count). The normalized spacial score (nSPS) is 16.3. The van der Waals surface area contributed by atoms with E-state index in [2.05, 4.69) is 58.4 Å². The molecule has 1 aromatic carbocycles. The number of hydrogen-bond donors (Lipinski definition) is 1. The Hall–Kier alpha value is -2.76. The lowest BCUT2D eigenvalue weighted by molar-refractivity contribution is 0.0979. The van der Waals surface area contributed by atoms with Gasteiger partial charge in [0.1, 0.15) is 5.82 Å². The van der Waals surface area contributed by atoms with Gasteiger partial charge in [0, 0.05) is 50.2 Å². The molecule has 0 bridgehead atoms. The standard InChI is InChI=1S/C33H49N3O2/c1-9-14-31(37)30-17-16-29(26(8)28(30)12-4)32(38)23-35-19-18-25(7)27(22-35)20-34-33(15-10-2)36(13-5)21-24(6)11-3/h13,15-17,20-21,32,38H,5,9-12,14,18-19,22-23H2,1-4,6-8H3/b24-21-,33-15-,34-20-. The Bertz CT molecular complexity index is 1090. The highest BCUT2D eigenvalue weighted by atomic mass is 16.3. The molecule has 0 aromatic heterocycles. The van der Waals surface area contributed by atoms with Crippen LogP contribution >= 0.6 is 0 Å². The molecule has 1 N–H and O–H groups in total. The Morgan fingerprint density at radius 2 is 1.97 bits per heavy atom. The summed E-state index contributed by atoms with van der Waals surface area (Å²) in [6.45, 7) is 20.9. The van der Waals surface area contributed by atoms with E-state index in [1.54, 1.807) is 6.20 Å². The van der Waals surface area contributed by atoms with Gasteiger partial charge < -0.3 is 10.0 Å². The first-order valence-electron chi connectivity index (χ1n) is 14.3. The summed E-state index contributed by atoms with van der Waals surface area (Å²) in [6, 6.07) is 3.87. The van der Waals surface area contributed by atoms with E-state index in [0.29, 0.717) is 13.0 Å². The summed E-state index contributed by atoms with van der Waals surface area (Å²) in [5, 5.41) is 11.2. The summed E-state index contributed by atoms with van der Waals surface area (Å²) >= 11 is 0. The average Bonchev–Trinajstić information content (AvgIpc) is 2.90. The van der Waals surface area contributed by atoms with Gasteiger partial charge in [-0.15, -0.1) is 0 Å². The maximum Gasteiger partial charge on any atom is 0.163 e. The molecule has 1 atom stereocenters. The van der Waals surface area contributed by atoms with Crippen molar-refractivity contribution >= 4 is 12.0 Å². The first-order valence-corrected chi connectivity index (χ1v) is 14.3. The van der Waals surface area contributed by atoms with Gasteiger partial charge in [0.05, 0.1) is 6.10 Å². The molecule has 5 heteroatoms. The zero-order chi connectivity index (χ0) is 28.2. The second-order valence-corrected chi connectivity index (χ2v) is 10.3. The molecule has 0 saturated carbocycles. The van der Waals surface area contributed by atoms with Crippen molar-refractivity contribution in [3.05, 3.63) is 82.0 Å². The maximum absolute atomic E-state index is 12.6. The SMILES string of the molecule is C=CN(/C=C(/C)CC)C(=C\CC)/N=C\C1=C(C)CCN(CC(O)c2ccc(C(=O)CCC)c(CC)c2C)C1. The predicted octanol–water partition coefficient (Wildman–Crippen LogP) is 7.68. The lowest BCUT2D eigenvalue weighted by Gasteiger charge is -2.31. The van der Waals surface area contributed by atoms with E-state index >= 15 is 0 Å². The lowest BCUT2D eigenvalue weighted by atomic mass is 9.89. The van der Waals surface area contributed by atoms with Gasteiger partial charge in [0.15, 0.2) is 5.78 Å². The molecular formula is C33H49N3O2. The van der Waals surface area contributed by atoms with Crippen LogP contribution in [0.25, 0.3) is 0 Å². The molecule has 1 aliphatic rings. The smallest absolute Gasteiger partial charge is 0.163 e. The first kappa shape index (κ1) is 31.5. The number of aliphatic hydroxyl groups is 1. The summed E-state index contributed by atoms with van der Waals surface area (Å²) in [5.74, 6) is 1.06. The number of carbonyl (C=O) groups is 1. The van der Waals surface area contributed by atoms with E-state index < -0.39 is 6.10 Å². The highest BCUT2D eigenvalue weighted by molar-refractivity contribution is 5.97. The number of benzene rings is 1. The Balaban J connectivity index is 2.21. The number of rotatable bonds is 14. The van der Waals surface area contributed by atoms with Crippen molar-refractivity contribution in [3.8, 4) is 0 Å². The minimum atomic E-state index is -0.610. The Labute approximate surface area is 231 Å². The number of aliphatic hydroxyl groups excluding tert-OH is 1. The number of hydrogen-bond acceptors (Lipinski definition) is 5. The molecule has 0 amide bonds. The topological polar surface area (TPSA) is 56.1 Å². The van der Waals surface area contributed by atoms with Gasteiger partial charge in [0.2, 0.25) is 0 Å². The molecular weight excluding hydrogens is 470 g/mol. The Morgan fingerprint density at radius 3 is 2.58 bits per heavy atom. The molecule has 0 aliphatic carbocycles. The van der Waals surface area contributed by atoms with Crippen LogP contribution in [-0.2, 0) is 6.42 Å². The molecule has 1 aliphatic heterocycles. The van der Waals surface area contributed by atoms with Gasteiger partial charge in [-0.1, -0.05) is 57.6 Å². The highest BCUT2D eigenvalue weighted by Gasteiger charge is 2.22. The minimum Gasteiger partial charge on any atom is -0.387 e. The minimum absolute atomic E-state index is 0.195. The summed E-state index contributed by atoms with van der Waals surface area (Å²) < 4.78 is 0. The van der Waals surface area contributed by atoms with Crippen molar-refractivity contribution in [2.24, 2.45) is 4.99 Å². The molecule has 0 spiro atoms. The van der Waals surface area contributed by atoms with E-state index in [-0.39, 0.29) is 5.78 Å². The van der Waals surface area contributed by atoms with Gasteiger partial charge in [-0.25, -0.2) is 4.99 Å². The zero-order valence-corrected chi connectivity index (χ0v) is 24.8. The lowest BCUT2D eigenvalue weighted by Crippen LogP contribution is -2.35. The molecule has 1 heterocycles. The molecule has 5 nitrogen and oxygen atoms in total. The first-order chi connectivity index (χ1) is 18.2. The van der Waals surface area contributed by atoms with Crippen molar-refractivity contribution in [2.75, 3.05) is 19.6 Å². The number of nitrogens with zero attached hydrogens (tertiary/aromatic N) is 3. The third-order valence-electron chi connectivity index (χ3n) is 7.42. The van der Waals surface area contributed by atoms with Crippen LogP contribution < -0.4 is 0 Å². The quantitative estimate of drug-likeness (QED) is 0.202. The average molecular weight is 520 g/mol. The summed E-state index contributed by atoms with van der Waals surface area (Å²) in [7, 11) is 0. The molecule has 1 unspecified atom stereocenters. The van der Waals surface area contributed by atoms with Crippen molar-refractivity contribution in [3.63, 3.8) is 0 Å². The van der Waals surface area contributed by atoms with Gasteiger partial charge in [-0.2, -0.15) is 0 Å². The van der Waals surface area contributed by atoms with Gasteiger partial charge in [0.25, 0.3) is 0 Å². The fraction of sp³-hybridized carbons (Fsp3) is 0.515. The number of Topliss-reactive ketones (excluding diaryl/α,β-unsaturated/α-hetero) is 1. The van der Waals surface area contributed by atoms with Crippen LogP contribution in [0.15, 0.2) is 64.7 Å². The molecule has 0 saturated heterocycles. The predicted molar refractivity (Wildman–Crippen MR) is 161 cm³/mol. The van der Waals surface area contributed by atoms with Crippen molar-refractivity contribution in [2.45, 2.75) is 93.1 Å². The third kappa shape index (κ3) is 8.37. The van der Waals surface area contributed by atoms with E-state index in [9.17, 15) is 9.90 Å². The second kappa shape index (κ2) is 15.6. The summed E-state index contributed by atoms with van der Waals surface area (Å²) in [6.07, 6.45) is 12.4. The number of carbonyl (C=O) groups excluding carboxylic acids is 1. The van der Waals surface area contributed by atoms with Crippen LogP contribution in [0.1, 0.15) is 107 Å². The number of ketones is 1. The van der Waals surface area contributed by atoms with Crippen LogP contribution in [0.4, 0.5) is 0 Å². The van der Waals surface area contributed by atoms with Crippen molar-refractivity contribution < 1.29 is 9.90 Å². The van der Waals surface area contributed by atoms with Gasteiger partial charge in [-0.05, 0) is 81.2 Å². The van der Waals surface area contributed by atoms with E-state index in [0.717, 1.165) is 73.3 Å². The Morgan fingerprint density at radius 1 is 1.24 bits per heavy atom. The maximum atomic E-state index is 12.6. The molecule has 1 aromatic rings. The van der Waals surface area contributed by atoms with Crippen LogP contribution in [0.5, 0.6) is 0 Å². The van der Waals surface area contributed by atoms with Gasteiger partial charge in [-0.3, -0.25) is 9.69 Å². The monoisotopic (exact) mass is 519 g/mol. The van der Waals surface area contributed by atoms with E-state index in [1.165, 1.54) is 16.7 Å². The zero-order valence-electron chi connectivity index (χ0n) is 24.8. The molecule has 208 valence electrons. The van der Waals surface area contributed by atoms with Crippen LogP contribution in [-0.4, -0.2) is 46.5 Å². The number of allylic oxidation sites excluding steroid dienone is 2. The van der Waals surface area contributed by atoms with Gasteiger partial charge >= 0.3 is 0 Å². The Kier molecular flexibility index (Phi) is 12.9. The fourth-order valence-corrected chi connectivity index (χ4v) is 4.90. The van der Waals surface area contributed by atoms with Crippen molar-refractivity contribution in [1.29, 1.82) is 0 Å². The summed E-state index contributed by atoms with van der Waals surface area (Å²) in [5.41, 5.74) is 7.63. The highest BCUT2D eigenvalue weighted by Crippen LogP contribution is 2.28. The van der Waals surface area contributed by atoms with E-state index in [4.69, 9.17) is 4.99 Å². The van der Waals surface area contributed by atoms with Crippen LogP contribution in [0, 0.1) is 6.92 Å². The second-order valence-electron chi connectivity index (χ2n) is 10.3. The number of aliphatic imine (C=N–C) groups is 1. The largest absolute Gasteiger partial charge is 0.387 e. The summed E-state index contributed by atoms with van der Waals surface area (Å²) in [4.78, 5) is 21.8. The van der Waals surface area contributed by atoms with Crippen LogP contribution in [0.2, 0.25) is 0 Å². The fourth-order valence-electron chi connectivity index (χ4n) is 4.90. The molecule has 0 radical (unpaired) electrons. The van der Waals surface area contributed by atoms with E-state index in [1.807, 2.05) is 37.1 Å². The molecule has 38 heavy (non-hydrogen) atoms. The molecule has 0 fully saturated rings. The van der Waals surface area contributed by atoms with Crippen molar-refractivity contribution in [1.82, 2.24) is 9.80 Å².